The van der Waals surface area contributed by atoms with Crippen LogP contribution in [0.15, 0.2) is 24.3 Å². The number of hydrogen-bond donors (Lipinski definition) is 2. The van der Waals surface area contributed by atoms with Gasteiger partial charge in [0.1, 0.15) is 5.75 Å². The highest BCUT2D eigenvalue weighted by Crippen LogP contribution is 2.24. The van der Waals surface area contributed by atoms with Crippen molar-refractivity contribution in [1.82, 2.24) is 9.62 Å². The van der Waals surface area contributed by atoms with Crippen molar-refractivity contribution < 1.29 is 18.3 Å². The van der Waals surface area contributed by atoms with Crippen LogP contribution >= 0.6 is 0 Å². The van der Waals surface area contributed by atoms with Crippen molar-refractivity contribution in [3.05, 3.63) is 29.8 Å². The van der Waals surface area contributed by atoms with Crippen molar-refractivity contribution in [2.24, 2.45) is 0 Å². The predicted molar refractivity (Wildman–Crippen MR) is 93.2 cm³/mol. The van der Waals surface area contributed by atoms with E-state index in [1.807, 2.05) is 0 Å². The van der Waals surface area contributed by atoms with Gasteiger partial charge in [-0.1, -0.05) is 12.1 Å². The van der Waals surface area contributed by atoms with E-state index < -0.39 is 14.8 Å². The molecule has 1 saturated heterocycles. The lowest BCUT2D eigenvalue weighted by Gasteiger charge is -2.35. The van der Waals surface area contributed by atoms with Crippen LogP contribution in [0.4, 0.5) is 0 Å². The Morgan fingerprint density at radius 3 is 2.46 bits per heavy atom. The van der Waals surface area contributed by atoms with E-state index >= 15 is 0 Å². The van der Waals surface area contributed by atoms with Gasteiger partial charge in [-0.3, -0.25) is 4.79 Å². The second-order valence-corrected chi connectivity index (χ2v) is 9.90. The molecule has 1 heterocycles. The quantitative estimate of drug-likeness (QED) is 0.861. The monoisotopic (exact) mass is 354 g/mol. The molecule has 2 rings (SSSR count). The molecule has 0 unspecified atom stereocenters. The standard InChI is InChI=1S/C17H26N2O4S/c1-17(2,3)24(22,23)19-9-7-14(8-10-19)18-16(21)12-13-5-4-6-15(20)11-13/h4-6,11,14,20H,7-10,12H2,1-3H3,(H,18,21). The molecule has 0 aliphatic carbocycles. The average molecular weight is 354 g/mol. The molecule has 1 aromatic rings. The molecule has 0 saturated carbocycles. The molecule has 1 aromatic carbocycles. The van der Waals surface area contributed by atoms with E-state index in [1.54, 1.807) is 45.0 Å². The molecular formula is C17H26N2O4S. The first-order valence-electron chi connectivity index (χ1n) is 8.16. The summed E-state index contributed by atoms with van der Waals surface area (Å²) >= 11 is 0. The van der Waals surface area contributed by atoms with Gasteiger partial charge in [0.25, 0.3) is 0 Å². The summed E-state index contributed by atoms with van der Waals surface area (Å²) in [5.41, 5.74) is 0.750. The molecule has 24 heavy (non-hydrogen) atoms. The van der Waals surface area contributed by atoms with Crippen molar-refractivity contribution in [1.29, 1.82) is 0 Å². The summed E-state index contributed by atoms with van der Waals surface area (Å²) in [4.78, 5) is 12.1. The number of carbonyl (C=O) groups excluding carboxylic acids is 1. The number of aromatic hydroxyl groups is 1. The summed E-state index contributed by atoms with van der Waals surface area (Å²) in [6.45, 7) is 5.95. The van der Waals surface area contributed by atoms with E-state index in [4.69, 9.17) is 0 Å². The lowest BCUT2D eigenvalue weighted by Crippen LogP contribution is -2.50. The summed E-state index contributed by atoms with van der Waals surface area (Å²) < 4.78 is 25.6. The molecule has 7 heteroatoms. The first-order chi connectivity index (χ1) is 11.1. The zero-order valence-corrected chi connectivity index (χ0v) is 15.3. The largest absolute Gasteiger partial charge is 0.508 e. The SMILES string of the molecule is CC(C)(C)S(=O)(=O)N1CCC(NC(=O)Cc2cccc(O)c2)CC1. The Kier molecular flexibility index (Phi) is 5.55. The third-order valence-electron chi connectivity index (χ3n) is 4.21. The van der Waals surface area contributed by atoms with Gasteiger partial charge in [0, 0.05) is 19.1 Å². The third kappa shape index (κ3) is 4.48. The number of rotatable bonds is 4. The van der Waals surface area contributed by atoms with E-state index in [9.17, 15) is 18.3 Å². The zero-order chi connectivity index (χ0) is 18.0. The van der Waals surface area contributed by atoms with Crippen LogP contribution < -0.4 is 5.32 Å². The molecule has 134 valence electrons. The van der Waals surface area contributed by atoms with Crippen LogP contribution in [0.25, 0.3) is 0 Å². The van der Waals surface area contributed by atoms with Crippen LogP contribution in [0, 0.1) is 0 Å². The average Bonchev–Trinajstić information content (AvgIpc) is 2.46. The molecule has 1 fully saturated rings. The van der Waals surface area contributed by atoms with Crippen LogP contribution in [0.1, 0.15) is 39.2 Å². The molecule has 0 bridgehead atoms. The molecule has 6 nitrogen and oxygen atoms in total. The van der Waals surface area contributed by atoms with Gasteiger partial charge in [0.15, 0.2) is 0 Å². The second-order valence-electron chi connectivity index (χ2n) is 7.20. The number of hydrogen-bond acceptors (Lipinski definition) is 4. The smallest absolute Gasteiger partial charge is 0.224 e. The zero-order valence-electron chi connectivity index (χ0n) is 14.4. The third-order valence-corrected chi connectivity index (χ3v) is 6.80. The van der Waals surface area contributed by atoms with E-state index in [2.05, 4.69) is 5.32 Å². The number of nitrogens with one attached hydrogen (secondary N) is 1. The fourth-order valence-electron chi connectivity index (χ4n) is 2.76. The molecule has 1 aliphatic rings. The lowest BCUT2D eigenvalue weighted by molar-refractivity contribution is -0.121. The predicted octanol–water partition coefficient (Wildman–Crippen LogP) is 1.64. The molecule has 2 N–H and O–H groups in total. The summed E-state index contributed by atoms with van der Waals surface area (Å²) in [7, 11) is -3.31. The van der Waals surface area contributed by atoms with Crippen LogP contribution in [0.2, 0.25) is 0 Å². The maximum atomic E-state index is 12.4. The van der Waals surface area contributed by atoms with Gasteiger partial charge in [0.2, 0.25) is 15.9 Å². The van der Waals surface area contributed by atoms with Gasteiger partial charge in [-0.2, -0.15) is 0 Å². The summed E-state index contributed by atoms with van der Waals surface area (Å²) in [6.07, 6.45) is 1.43. The molecule has 0 spiro atoms. The fourth-order valence-corrected chi connectivity index (χ4v) is 4.22. The topological polar surface area (TPSA) is 86.7 Å². The Labute approximate surface area is 143 Å². The Morgan fingerprint density at radius 2 is 1.92 bits per heavy atom. The Bertz CT molecular complexity index is 687. The highest BCUT2D eigenvalue weighted by atomic mass is 32.2. The van der Waals surface area contributed by atoms with Gasteiger partial charge in [0.05, 0.1) is 11.2 Å². The Balaban J connectivity index is 1.86. The first-order valence-corrected chi connectivity index (χ1v) is 9.60. The molecule has 0 aromatic heterocycles. The number of carbonyl (C=O) groups is 1. The van der Waals surface area contributed by atoms with Gasteiger partial charge >= 0.3 is 0 Å². The van der Waals surface area contributed by atoms with Crippen molar-refractivity contribution in [2.45, 2.75) is 50.8 Å². The van der Waals surface area contributed by atoms with Gasteiger partial charge in [-0.15, -0.1) is 0 Å². The van der Waals surface area contributed by atoms with Crippen molar-refractivity contribution in [3.8, 4) is 5.75 Å². The molecule has 0 atom stereocenters. The van der Waals surface area contributed by atoms with Crippen LogP contribution in [-0.4, -0.2) is 47.6 Å². The van der Waals surface area contributed by atoms with E-state index in [-0.39, 0.29) is 24.1 Å². The van der Waals surface area contributed by atoms with E-state index in [1.165, 1.54) is 4.31 Å². The molecule has 1 amide bonds. The maximum Gasteiger partial charge on any atom is 0.224 e. The number of benzene rings is 1. The Morgan fingerprint density at radius 1 is 1.29 bits per heavy atom. The van der Waals surface area contributed by atoms with Crippen molar-refractivity contribution in [3.63, 3.8) is 0 Å². The number of nitrogens with zero attached hydrogens (tertiary/aromatic N) is 1. The summed E-state index contributed by atoms with van der Waals surface area (Å²) in [5, 5.41) is 12.4. The normalized spacial score (nSPS) is 17.6. The number of piperidine rings is 1. The first kappa shape index (κ1) is 18.7. The number of amides is 1. The lowest BCUT2D eigenvalue weighted by atomic mass is 10.1. The van der Waals surface area contributed by atoms with Crippen molar-refractivity contribution in [2.75, 3.05) is 13.1 Å². The van der Waals surface area contributed by atoms with Crippen LogP contribution in [-0.2, 0) is 21.2 Å². The molecule has 1 aliphatic heterocycles. The maximum absolute atomic E-state index is 12.4. The fraction of sp³-hybridized carbons (Fsp3) is 0.588. The van der Waals surface area contributed by atoms with Crippen LogP contribution in [0.5, 0.6) is 5.75 Å². The Hall–Kier alpha value is -1.60. The molecular weight excluding hydrogens is 328 g/mol. The van der Waals surface area contributed by atoms with Crippen molar-refractivity contribution >= 4 is 15.9 Å². The minimum Gasteiger partial charge on any atom is -0.508 e. The van der Waals surface area contributed by atoms with E-state index in [0.29, 0.717) is 25.9 Å². The van der Waals surface area contributed by atoms with Gasteiger partial charge in [-0.05, 0) is 51.3 Å². The number of sulfonamides is 1. The van der Waals surface area contributed by atoms with E-state index in [0.717, 1.165) is 5.56 Å². The van der Waals surface area contributed by atoms with Crippen LogP contribution in [0.3, 0.4) is 0 Å². The number of phenolic OH excluding ortho intramolecular Hbond substituents is 1. The highest BCUT2D eigenvalue weighted by Gasteiger charge is 2.37. The second kappa shape index (κ2) is 7.11. The van der Waals surface area contributed by atoms with Gasteiger partial charge in [-0.25, -0.2) is 12.7 Å². The summed E-state index contributed by atoms with van der Waals surface area (Å²) in [6, 6.07) is 6.61. The van der Waals surface area contributed by atoms with Gasteiger partial charge < -0.3 is 10.4 Å². The minimum atomic E-state index is -3.31. The molecule has 0 radical (unpaired) electrons. The highest BCUT2D eigenvalue weighted by molar-refractivity contribution is 7.90. The minimum absolute atomic E-state index is 0.0128. The number of phenols is 1. The summed E-state index contributed by atoms with van der Waals surface area (Å²) in [5.74, 6) is 0.0266.